The van der Waals surface area contributed by atoms with E-state index in [0.717, 1.165) is 81.2 Å². The number of amides is 2. The molecule has 2 aliphatic rings. The zero-order valence-corrected chi connectivity index (χ0v) is 23.6. The molecule has 0 spiro atoms. The molecule has 1 aromatic carbocycles. The van der Waals surface area contributed by atoms with E-state index in [2.05, 4.69) is 34.7 Å². The van der Waals surface area contributed by atoms with Crippen molar-refractivity contribution in [1.29, 1.82) is 0 Å². The summed E-state index contributed by atoms with van der Waals surface area (Å²) in [5, 5.41) is 0. The third-order valence-electron chi connectivity index (χ3n) is 7.81. The van der Waals surface area contributed by atoms with E-state index in [1.54, 1.807) is 6.92 Å². The second-order valence-corrected chi connectivity index (χ2v) is 11.2. The van der Waals surface area contributed by atoms with E-state index >= 15 is 0 Å². The molecule has 0 saturated carbocycles. The van der Waals surface area contributed by atoms with Crippen LogP contribution in [0.2, 0.25) is 0 Å². The number of piperazine rings is 1. The van der Waals surface area contributed by atoms with Gasteiger partial charge in [-0.05, 0) is 74.2 Å². The number of fused-ring (bicyclic) bond motifs is 1. The van der Waals surface area contributed by atoms with E-state index in [1.807, 2.05) is 46.3 Å². The highest BCUT2D eigenvalue weighted by molar-refractivity contribution is 5.97. The highest BCUT2D eigenvalue weighted by Crippen LogP contribution is 2.27. The van der Waals surface area contributed by atoms with Crippen LogP contribution in [0.1, 0.15) is 75.2 Å². The van der Waals surface area contributed by atoms with Gasteiger partial charge in [-0.25, -0.2) is 4.98 Å². The third-order valence-corrected chi connectivity index (χ3v) is 7.81. The smallest absolute Gasteiger partial charge is 0.253 e. The highest BCUT2D eigenvalue weighted by atomic mass is 16.2. The summed E-state index contributed by atoms with van der Waals surface area (Å²) in [7, 11) is 0. The van der Waals surface area contributed by atoms with E-state index in [9.17, 15) is 9.59 Å². The number of carbonyl (C=O) groups excluding carboxylic acids is 2. The Morgan fingerprint density at radius 1 is 0.895 bits per heavy atom. The average Bonchev–Trinajstić information content (AvgIpc) is 2.92. The zero-order chi connectivity index (χ0) is 26.9. The molecule has 3 heterocycles. The van der Waals surface area contributed by atoms with Gasteiger partial charge in [0.1, 0.15) is 5.82 Å². The highest BCUT2D eigenvalue weighted by Gasteiger charge is 2.25. The van der Waals surface area contributed by atoms with Crippen molar-refractivity contribution >= 4 is 23.3 Å². The summed E-state index contributed by atoms with van der Waals surface area (Å²) in [6.45, 7) is 12.7. The lowest BCUT2D eigenvalue weighted by atomic mass is 10.0. The summed E-state index contributed by atoms with van der Waals surface area (Å²) in [5.74, 6) is 1.75. The van der Waals surface area contributed by atoms with Crippen molar-refractivity contribution in [2.24, 2.45) is 5.92 Å². The van der Waals surface area contributed by atoms with Crippen LogP contribution in [0, 0.1) is 5.92 Å². The predicted molar refractivity (Wildman–Crippen MR) is 155 cm³/mol. The average molecular weight is 520 g/mol. The fraction of sp³-hybridized carbons (Fsp3) is 0.581. The predicted octanol–water partition coefficient (Wildman–Crippen LogP) is 5.21. The van der Waals surface area contributed by atoms with Crippen molar-refractivity contribution in [2.45, 2.75) is 65.8 Å². The van der Waals surface area contributed by atoms with Crippen molar-refractivity contribution in [3.63, 3.8) is 0 Å². The summed E-state index contributed by atoms with van der Waals surface area (Å²) in [6.07, 6.45) is 8.76. The van der Waals surface area contributed by atoms with Gasteiger partial charge in [0.2, 0.25) is 5.91 Å². The SMILES string of the molecule is CC(=O)N1CCCCCCCN(CCC(C)C)Cc2cc(C(=O)N3CCN(c4ccccn4)CC3)ccc21. The van der Waals surface area contributed by atoms with Gasteiger partial charge in [-0.2, -0.15) is 0 Å². The van der Waals surface area contributed by atoms with Gasteiger partial charge in [0.05, 0.1) is 0 Å². The molecular weight excluding hydrogens is 474 g/mol. The Labute approximate surface area is 228 Å². The maximum atomic E-state index is 13.6. The first kappa shape index (κ1) is 28.1. The minimum absolute atomic E-state index is 0.0711. The summed E-state index contributed by atoms with van der Waals surface area (Å²) < 4.78 is 0. The fourth-order valence-corrected chi connectivity index (χ4v) is 5.51. The number of pyridine rings is 1. The van der Waals surface area contributed by atoms with Crippen LogP contribution in [-0.4, -0.2) is 72.4 Å². The molecular formula is C31H45N5O2. The molecule has 1 aromatic heterocycles. The molecule has 2 aliphatic heterocycles. The quantitative estimate of drug-likeness (QED) is 0.543. The minimum Gasteiger partial charge on any atom is -0.353 e. The summed E-state index contributed by atoms with van der Waals surface area (Å²) >= 11 is 0. The van der Waals surface area contributed by atoms with Gasteiger partial charge in [-0.1, -0.05) is 39.2 Å². The number of rotatable bonds is 5. The molecule has 4 rings (SSSR count). The second kappa shape index (κ2) is 13.7. The van der Waals surface area contributed by atoms with Crippen LogP contribution in [0.3, 0.4) is 0 Å². The lowest BCUT2D eigenvalue weighted by Gasteiger charge is -2.35. The topological polar surface area (TPSA) is 60.0 Å². The molecule has 206 valence electrons. The Kier molecular flexibility index (Phi) is 10.2. The first-order valence-corrected chi connectivity index (χ1v) is 14.5. The second-order valence-electron chi connectivity index (χ2n) is 11.2. The molecule has 0 N–H and O–H groups in total. The number of nitrogens with zero attached hydrogens (tertiary/aromatic N) is 5. The first-order valence-electron chi connectivity index (χ1n) is 14.5. The number of carbonyl (C=O) groups is 2. The van der Waals surface area contributed by atoms with Crippen molar-refractivity contribution in [1.82, 2.24) is 14.8 Å². The van der Waals surface area contributed by atoms with Crippen LogP contribution in [0.4, 0.5) is 11.5 Å². The van der Waals surface area contributed by atoms with E-state index in [4.69, 9.17) is 0 Å². The zero-order valence-electron chi connectivity index (χ0n) is 23.6. The van der Waals surface area contributed by atoms with Crippen LogP contribution in [0.5, 0.6) is 0 Å². The minimum atomic E-state index is 0.0711. The molecule has 0 atom stereocenters. The molecule has 0 radical (unpaired) electrons. The molecule has 1 saturated heterocycles. The molecule has 38 heavy (non-hydrogen) atoms. The molecule has 0 bridgehead atoms. The van der Waals surface area contributed by atoms with E-state index in [-0.39, 0.29) is 11.8 Å². The van der Waals surface area contributed by atoms with Crippen LogP contribution >= 0.6 is 0 Å². The van der Waals surface area contributed by atoms with Crippen LogP contribution < -0.4 is 9.80 Å². The molecule has 0 unspecified atom stereocenters. The third kappa shape index (κ3) is 7.56. The van der Waals surface area contributed by atoms with Crippen LogP contribution in [0.15, 0.2) is 42.6 Å². The molecule has 0 aliphatic carbocycles. The summed E-state index contributed by atoms with van der Waals surface area (Å²) in [6, 6.07) is 11.9. The Balaban J connectivity index is 1.56. The van der Waals surface area contributed by atoms with Crippen LogP contribution in [0.25, 0.3) is 0 Å². The number of hydrogen-bond acceptors (Lipinski definition) is 5. The maximum absolute atomic E-state index is 13.6. The van der Waals surface area contributed by atoms with Crippen molar-refractivity contribution in [3.8, 4) is 0 Å². The Hall–Kier alpha value is -2.93. The van der Waals surface area contributed by atoms with Gasteiger partial charge in [-0.15, -0.1) is 0 Å². The van der Waals surface area contributed by atoms with E-state index in [0.29, 0.717) is 19.0 Å². The van der Waals surface area contributed by atoms with Crippen LogP contribution in [-0.2, 0) is 11.3 Å². The Morgan fingerprint density at radius 2 is 1.63 bits per heavy atom. The number of benzene rings is 1. The normalized spacial score (nSPS) is 18.1. The van der Waals surface area contributed by atoms with Crippen molar-refractivity contribution in [2.75, 3.05) is 55.6 Å². The largest absolute Gasteiger partial charge is 0.353 e. The van der Waals surface area contributed by atoms with Gasteiger partial charge in [0, 0.05) is 63.6 Å². The number of aromatic nitrogens is 1. The van der Waals surface area contributed by atoms with Gasteiger partial charge in [0.25, 0.3) is 5.91 Å². The molecule has 1 fully saturated rings. The lowest BCUT2D eigenvalue weighted by Crippen LogP contribution is -2.49. The first-order chi connectivity index (χ1) is 18.4. The van der Waals surface area contributed by atoms with Gasteiger partial charge in [0.15, 0.2) is 0 Å². The Morgan fingerprint density at radius 3 is 2.32 bits per heavy atom. The summed E-state index contributed by atoms with van der Waals surface area (Å²) in [5.41, 5.74) is 2.76. The van der Waals surface area contributed by atoms with Gasteiger partial charge < -0.3 is 14.7 Å². The van der Waals surface area contributed by atoms with E-state index in [1.165, 1.54) is 19.3 Å². The Bertz CT molecular complexity index is 1050. The number of hydrogen-bond donors (Lipinski definition) is 0. The number of anilines is 2. The van der Waals surface area contributed by atoms with E-state index < -0.39 is 0 Å². The monoisotopic (exact) mass is 519 g/mol. The summed E-state index contributed by atoms with van der Waals surface area (Å²) in [4.78, 5) is 39.4. The van der Waals surface area contributed by atoms with Crippen molar-refractivity contribution in [3.05, 3.63) is 53.7 Å². The van der Waals surface area contributed by atoms with Crippen molar-refractivity contribution < 1.29 is 9.59 Å². The maximum Gasteiger partial charge on any atom is 0.253 e. The molecule has 7 nitrogen and oxygen atoms in total. The molecule has 7 heteroatoms. The fourth-order valence-electron chi connectivity index (χ4n) is 5.51. The lowest BCUT2D eigenvalue weighted by molar-refractivity contribution is -0.116. The molecule has 2 aromatic rings. The van der Waals surface area contributed by atoms with Gasteiger partial charge >= 0.3 is 0 Å². The van der Waals surface area contributed by atoms with Gasteiger partial charge in [-0.3, -0.25) is 14.5 Å². The standard InChI is InChI=1S/C31H45N5O2/c1-25(2)14-18-33-16-9-5-4-6-10-17-36(26(3)37)29-13-12-27(23-28(29)24-33)31(38)35-21-19-34(20-22-35)30-11-7-8-15-32-30/h7-8,11-13,15,23,25H,4-6,9-10,14,16-22,24H2,1-3H3. The molecule has 2 amide bonds.